The van der Waals surface area contributed by atoms with E-state index >= 15 is 0 Å². The van der Waals surface area contributed by atoms with Crippen molar-refractivity contribution in [1.82, 2.24) is 14.3 Å². The second-order valence-electron chi connectivity index (χ2n) is 8.59. The molecule has 1 aromatic heterocycles. The maximum atomic E-state index is 13.1. The van der Waals surface area contributed by atoms with Gasteiger partial charge < -0.3 is 14.2 Å². The number of carbonyl (C=O) groups is 1. The molecule has 1 atom stereocenters. The highest BCUT2D eigenvalue weighted by Gasteiger charge is 2.30. The number of alkyl halides is 3. The molecular formula is C28H26F3N3O5. The van der Waals surface area contributed by atoms with E-state index in [9.17, 15) is 22.8 Å². The summed E-state index contributed by atoms with van der Waals surface area (Å²) in [5.74, 6) is 0.685. The van der Waals surface area contributed by atoms with E-state index in [1.807, 2.05) is 30.3 Å². The number of hydrogen-bond donors (Lipinski definition) is 0. The third-order valence-electron chi connectivity index (χ3n) is 5.84. The first-order valence-corrected chi connectivity index (χ1v) is 12.0. The molecule has 0 fully saturated rings. The Morgan fingerprint density at radius 1 is 1.03 bits per heavy atom. The number of benzene rings is 3. The second kappa shape index (κ2) is 11.5. The molecule has 204 valence electrons. The zero-order chi connectivity index (χ0) is 28.2. The maximum absolute atomic E-state index is 13.1. The van der Waals surface area contributed by atoms with Crippen LogP contribution in [0.1, 0.15) is 35.5 Å². The van der Waals surface area contributed by atoms with Gasteiger partial charge in [-0.2, -0.15) is 17.9 Å². The van der Waals surface area contributed by atoms with Crippen molar-refractivity contribution < 1.29 is 32.2 Å². The zero-order valence-corrected chi connectivity index (χ0v) is 21.4. The summed E-state index contributed by atoms with van der Waals surface area (Å²) < 4.78 is 58.0. The molecule has 3 aromatic carbocycles. The Kier molecular flexibility index (Phi) is 8.08. The number of hydrogen-bond acceptors (Lipinski definition) is 6. The van der Waals surface area contributed by atoms with Gasteiger partial charge in [0.1, 0.15) is 11.5 Å². The van der Waals surface area contributed by atoms with Gasteiger partial charge in [0.2, 0.25) is 0 Å². The zero-order valence-electron chi connectivity index (χ0n) is 21.4. The summed E-state index contributed by atoms with van der Waals surface area (Å²) in [4.78, 5) is 24.7. The number of halogens is 3. The maximum Gasteiger partial charge on any atom is 0.416 e. The molecule has 8 nitrogen and oxygen atoms in total. The van der Waals surface area contributed by atoms with Gasteiger partial charge in [0.25, 0.3) is 0 Å². The molecule has 0 aliphatic carbocycles. The molecule has 11 heteroatoms. The van der Waals surface area contributed by atoms with Gasteiger partial charge in [0, 0.05) is 12.6 Å². The molecule has 0 amide bonds. The van der Waals surface area contributed by atoms with Crippen LogP contribution in [-0.2, 0) is 22.8 Å². The second-order valence-corrected chi connectivity index (χ2v) is 8.59. The fraction of sp³-hybridized carbons (Fsp3) is 0.250. The third-order valence-corrected chi connectivity index (χ3v) is 5.84. The molecule has 39 heavy (non-hydrogen) atoms. The van der Waals surface area contributed by atoms with Crippen LogP contribution in [-0.4, -0.2) is 33.5 Å². The molecule has 0 saturated heterocycles. The highest BCUT2D eigenvalue weighted by atomic mass is 19.4. The number of aromatic nitrogens is 3. The van der Waals surface area contributed by atoms with Crippen molar-refractivity contribution in [3.63, 3.8) is 0 Å². The molecule has 0 bridgehead atoms. The SMILES string of the molecule is CCOC(=O)COc1ccc(OC(c2ccccc2)c2nn(-c3ccc(C(F)(F)F)cc3)c(=O)n2C)cc1C. The molecule has 0 radical (unpaired) electrons. The Bertz CT molecular complexity index is 1500. The van der Waals surface area contributed by atoms with Gasteiger partial charge in [-0.05, 0) is 61.9 Å². The lowest BCUT2D eigenvalue weighted by Gasteiger charge is -2.19. The molecule has 1 unspecified atom stereocenters. The minimum Gasteiger partial charge on any atom is -0.482 e. The smallest absolute Gasteiger partial charge is 0.416 e. The van der Waals surface area contributed by atoms with Crippen molar-refractivity contribution >= 4 is 5.97 Å². The van der Waals surface area contributed by atoms with E-state index in [0.717, 1.165) is 16.8 Å². The fourth-order valence-electron chi connectivity index (χ4n) is 3.87. The van der Waals surface area contributed by atoms with Crippen LogP contribution in [0.25, 0.3) is 5.69 Å². The highest BCUT2D eigenvalue weighted by molar-refractivity contribution is 5.71. The van der Waals surface area contributed by atoms with Crippen LogP contribution in [0.15, 0.2) is 77.6 Å². The van der Waals surface area contributed by atoms with Crippen LogP contribution >= 0.6 is 0 Å². The van der Waals surface area contributed by atoms with E-state index in [0.29, 0.717) is 22.6 Å². The minimum absolute atomic E-state index is 0.181. The number of nitrogens with zero attached hydrogens (tertiary/aromatic N) is 3. The van der Waals surface area contributed by atoms with Crippen LogP contribution in [0.2, 0.25) is 0 Å². The van der Waals surface area contributed by atoms with Gasteiger partial charge >= 0.3 is 17.8 Å². The largest absolute Gasteiger partial charge is 0.482 e. The van der Waals surface area contributed by atoms with Gasteiger partial charge in [0.15, 0.2) is 18.5 Å². The summed E-state index contributed by atoms with van der Waals surface area (Å²) >= 11 is 0. The number of esters is 1. The monoisotopic (exact) mass is 541 g/mol. The van der Waals surface area contributed by atoms with Crippen LogP contribution in [0, 0.1) is 6.92 Å². The molecule has 4 rings (SSSR count). The highest BCUT2D eigenvalue weighted by Crippen LogP contribution is 2.31. The lowest BCUT2D eigenvalue weighted by Crippen LogP contribution is -2.23. The standard InChI is InChI=1S/C28H26F3N3O5/c1-4-37-24(35)17-38-23-15-14-22(16-18(23)2)39-25(19-8-6-5-7-9-19)26-32-34(27(36)33(26)3)21-12-10-20(11-13-21)28(29,30)31/h5-16,25H,4,17H2,1-3H3. The normalized spacial score (nSPS) is 12.2. The first kappa shape index (κ1) is 27.5. The lowest BCUT2D eigenvalue weighted by molar-refractivity contribution is -0.145. The van der Waals surface area contributed by atoms with E-state index in [4.69, 9.17) is 14.2 Å². The molecule has 0 N–H and O–H groups in total. The molecule has 0 saturated carbocycles. The van der Waals surface area contributed by atoms with Crippen molar-refractivity contribution in [1.29, 1.82) is 0 Å². The summed E-state index contributed by atoms with van der Waals surface area (Å²) in [5.41, 5.74) is 0.207. The van der Waals surface area contributed by atoms with Gasteiger partial charge in [-0.1, -0.05) is 30.3 Å². The van der Waals surface area contributed by atoms with Crippen molar-refractivity contribution in [3.05, 3.63) is 106 Å². The van der Waals surface area contributed by atoms with E-state index in [1.165, 1.54) is 23.7 Å². The Labute approximate surface area is 222 Å². The van der Waals surface area contributed by atoms with E-state index in [1.54, 1.807) is 32.0 Å². The topological polar surface area (TPSA) is 84.6 Å². The Hall–Kier alpha value is -4.54. The number of aryl methyl sites for hydroxylation is 1. The fourth-order valence-corrected chi connectivity index (χ4v) is 3.87. The predicted molar refractivity (Wildman–Crippen MR) is 136 cm³/mol. The summed E-state index contributed by atoms with van der Waals surface area (Å²) in [7, 11) is 1.52. The summed E-state index contributed by atoms with van der Waals surface area (Å²) in [6.45, 7) is 3.53. The van der Waals surface area contributed by atoms with Crippen molar-refractivity contribution in [2.24, 2.45) is 7.05 Å². The number of rotatable bonds is 9. The van der Waals surface area contributed by atoms with E-state index in [2.05, 4.69) is 5.10 Å². The van der Waals surface area contributed by atoms with Gasteiger partial charge in [-0.15, -0.1) is 5.10 Å². The van der Waals surface area contributed by atoms with Crippen LogP contribution in [0.4, 0.5) is 13.2 Å². The van der Waals surface area contributed by atoms with Crippen molar-refractivity contribution in [3.8, 4) is 17.2 Å². The average molecular weight is 542 g/mol. The van der Waals surface area contributed by atoms with Gasteiger partial charge in [-0.25, -0.2) is 9.59 Å². The first-order valence-electron chi connectivity index (χ1n) is 12.0. The lowest BCUT2D eigenvalue weighted by atomic mass is 10.1. The molecule has 0 aliphatic heterocycles. The van der Waals surface area contributed by atoms with E-state index in [-0.39, 0.29) is 24.7 Å². The van der Waals surface area contributed by atoms with Gasteiger partial charge in [0.05, 0.1) is 17.9 Å². The van der Waals surface area contributed by atoms with Crippen LogP contribution < -0.4 is 15.2 Å². The van der Waals surface area contributed by atoms with Gasteiger partial charge in [-0.3, -0.25) is 4.57 Å². The number of ether oxygens (including phenoxy) is 3. The Morgan fingerprint density at radius 3 is 2.33 bits per heavy atom. The molecule has 0 spiro atoms. The van der Waals surface area contributed by atoms with Crippen LogP contribution in [0.5, 0.6) is 11.5 Å². The third kappa shape index (κ3) is 6.31. The quantitative estimate of drug-likeness (QED) is 0.277. The summed E-state index contributed by atoms with van der Waals surface area (Å²) in [6, 6.07) is 18.3. The summed E-state index contributed by atoms with van der Waals surface area (Å²) in [5, 5.41) is 4.44. The molecule has 0 aliphatic rings. The average Bonchev–Trinajstić information content (AvgIpc) is 3.21. The van der Waals surface area contributed by atoms with Crippen molar-refractivity contribution in [2.75, 3.05) is 13.2 Å². The summed E-state index contributed by atoms with van der Waals surface area (Å²) in [6.07, 6.45) is -5.33. The predicted octanol–water partition coefficient (Wildman–Crippen LogP) is 5.01. The minimum atomic E-state index is -4.50. The Morgan fingerprint density at radius 2 is 1.72 bits per heavy atom. The molecular weight excluding hydrogens is 515 g/mol. The molecule has 1 heterocycles. The first-order chi connectivity index (χ1) is 18.6. The Balaban J connectivity index is 1.66. The van der Waals surface area contributed by atoms with E-state index < -0.39 is 29.5 Å². The number of carbonyl (C=O) groups excluding carboxylic acids is 1. The van der Waals surface area contributed by atoms with Crippen molar-refractivity contribution in [2.45, 2.75) is 26.1 Å². The molecule has 4 aromatic rings. The van der Waals surface area contributed by atoms with Crippen LogP contribution in [0.3, 0.4) is 0 Å².